The number of nitrogens with one attached hydrogen (secondary N) is 3. The molecule has 3 aromatic rings. The zero-order valence-corrected chi connectivity index (χ0v) is 17.2. The number of aromatic amines is 1. The predicted molar refractivity (Wildman–Crippen MR) is 108 cm³/mol. The Morgan fingerprint density at radius 1 is 1.31 bits per heavy atom. The standard InChI is InChI=1S/C19H21ClF2N6O/c1-9-10(2)26-17(13-7-24-16-12(13)5-11(20)6-23-16)27-15(9)28-19(3,4)18(29)25-8-14(21)22/h5-7,14H,8H2,1-4H3,(H,23,24)(H,25,29)(H,26,27,28). The fourth-order valence-electron chi connectivity index (χ4n) is 2.78. The summed E-state index contributed by atoms with van der Waals surface area (Å²) in [5.41, 5.74) is 1.65. The molecule has 0 aliphatic heterocycles. The van der Waals surface area contributed by atoms with Crippen LogP contribution in [0.2, 0.25) is 5.02 Å². The first-order valence-electron chi connectivity index (χ1n) is 8.91. The molecule has 3 rings (SSSR count). The second kappa shape index (κ2) is 7.90. The number of hydrogen-bond acceptors (Lipinski definition) is 5. The Kier molecular flexibility index (Phi) is 5.70. The normalized spacial score (nSPS) is 11.9. The maximum atomic E-state index is 12.4. The second-order valence-electron chi connectivity index (χ2n) is 7.21. The molecule has 1 amide bonds. The first kappa shape index (κ1) is 20.9. The van der Waals surface area contributed by atoms with E-state index in [1.165, 1.54) is 0 Å². The predicted octanol–water partition coefficient (Wildman–Crippen LogP) is 3.86. The molecule has 0 bridgehead atoms. The number of rotatable bonds is 6. The summed E-state index contributed by atoms with van der Waals surface area (Å²) in [5.74, 6) is 0.307. The third kappa shape index (κ3) is 4.45. The van der Waals surface area contributed by atoms with Crippen molar-refractivity contribution in [3.05, 3.63) is 34.7 Å². The molecule has 154 valence electrons. The first-order valence-corrected chi connectivity index (χ1v) is 9.29. The number of pyridine rings is 1. The van der Waals surface area contributed by atoms with Gasteiger partial charge in [-0.15, -0.1) is 0 Å². The van der Waals surface area contributed by atoms with Crippen LogP contribution < -0.4 is 10.6 Å². The number of fused-ring (bicyclic) bond motifs is 1. The smallest absolute Gasteiger partial charge is 0.255 e. The minimum atomic E-state index is -2.62. The summed E-state index contributed by atoms with van der Waals surface area (Å²) < 4.78 is 24.8. The lowest BCUT2D eigenvalue weighted by Gasteiger charge is -2.27. The second-order valence-corrected chi connectivity index (χ2v) is 7.65. The molecule has 3 N–H and O–H groups in total. The average molecular weight is 423 g/mol. The Morgan fingerprint density at radius 3 is 2.72 bits per heavy atom. The molecule has 0 saturated heterocycles. The van der Waals surface area contributed by atoms with E-state index in [0.717, 1.165) is 10.9 Å². The number of aromatic nitrogens is 4. The first-order chi connectivity index (χ1) is 13.6. The van der Waals surface area contributed by atoms with Crippen molar-refractivity contribution < 1.29 is 13.6 Å². The van der Waals surface area contributed by atoms with Crippen LogP contribution in [0.3, 0.4) is 0 Å². The van der Waals surface area contributed by atoms with E-state index in [1.54, 1.807) is 32.3 Å². The van der Waals surface area contributed by atoms with E-state index in [2.05, 4.69) is 30.6 Å². The minimum absolute atomic E-state index is 0.426. The lowest BCUT2D eigenvalue weighted by molar-refractivity contribution is -0.125. The monoisotopic (exact) mass is 422 g/mol. The molecule has 3 heterocycles. The van der Waals surface area contributed by atoms with E-state index >= 15 is 0 Å². The fraction of sp³-hybridized carbons (Fsp3) is 0.368. The number of carbonyl (C=O) groups excluding carboxylic acids is 1. The lowest BCUT2D eigenvalue weighted by Crippen LogP contribution is -2.49. The summed E-state index contributed by atoms with van der Waals surface area (Å²) in [6, 6.07) is 1.77. The van der Waals surface area contributed by atoms with E-state index < -0.39 is 24.4 Å². The molecule has 0 saturated carbocycles. The van der Waals surface area contributed by atoms with Gasteiger partial charge in [0.05, 0.1) is 11.6 Å². The molecule has 0 fully saturated rings. The van der Waals surface area contributed by atoms with Crippen molar-refractivity contribution in [2.24, 2.45) is 0 Å². The van der Waals surface area contributed by atoms with Crippen molar-refractivity contribution in [2.45, 2.75) is 39.7 Å². The van der Waals surface area contributed by atoms with Crippen molar-refractivity contribution in [2.75, 3.05) is 11.9 Å². The summed E-state index contributed by atoms with van der Waals surface area (Å²) in [6.07, 6.45) is 0.660. The summed E-state index contributed by atoms with van der Waals surface area (Å²) >= 11 is 6.07. The van der Waals surface area contributed by atoms with Gasteiger partial charge in [-0.1, -0.05) is 11.6 Å². The van der Waals surface area contributed by atoms with Gasteiger partial charge < -0.3 is 15.6 Å². The molecule has 3 aromatic heterocycles. The number of alkyl halides is 2. The van der Waals surface area contributed by atoms with Gasteiger partial charge in [0.15, 0.2) is 5.82 Å². The van der Waals surface area contributed by atoms with Crippen molar-refractivity contribution in [1.29, 1.82) is 0 Å². The number of amides is 1. The third-order valence-electron chi connectivity index (χ3n) is 4.54. The fourth-order valence-corrected chi connectivity index (χ4v) is 2.94. The molecule has 0 aliphatic carbocycles. The molecule has 0 radical (unpaired) electrons. The van der Waals surface area contributed by atoms with Crippen LogP contribution in [0.5, 0.6) is 0 Å². The van der Waals surface area contributed by atoms with E-state index in [-0.39, 0.29) is 0 Å². The van der Waals surface area contributed by atoms with Gasteiger partial charge in [0.2, 0.25) is 5.91 Å². The Hall–Kier alpha value is -2.81. The van der Waals surface area contributed by atoms with Gasteiger partial charge >= 0.3 is 0 Å². The highest BCUT2D eigenvalue weighted by molar-refractivity contribution is 6.31. The molecular weight excluding hydrogens is 402 g/mol. The van der Waals surface area contributed by atoms with E-state index in [0.29, 0.717) is 33.6 Å². The Bertz CT molecular complexity index is 1070. The number of carbonyl (C=O) groups is 1. The molecule has 0 unspecified atom stereocenters. The number of aryl methyl sites for hydroxylation is 1. The van der Waals surface area contributed by atoms with Crippen LogP contribution in [0.4, 0.5) is 14.6 Å². The van der Waals surface area contributed by atoms with Gasteiger partial charge in [-0.3, -0.25) is 4.79 Å². The Labute approximate surface area is 171 Å². The Balaban J connectivity index is 1.97. The van der Waals surface area contributed by atoms with Gasteiger partial charge in [0.1, 0.15) is 17.0 Å². The highest BCUT2D eigenvalue weighted by atomic mass is 35.5. The van der Waals surface area contributed by atoms with Crippen LogP contribution >= 0.6 is 11.6 Å². The van der Waals surface area contributed by atoms with Gasteiger partial charge in [0.25, 0.3) is 6.43 Å². The highest BCUT2D eigenvalue weighted by Crippen LogP contribution is 2.30. The Morgan fingerprint density at radius 2 is 2.03 bits per heavy atom. The molecule has 29 heavy (non-hydrogen) atoms. The van der Waals surface area contributed by atoms with E-state index in [9.17, 15) is 13.6 Å². The summed E-state index contributed by atoms with van der Waals surface area (Å²) in [6.45, 7) is 6.14. The SMILES string of the molecule is Cc1nc(-c2c[nH]c3ncc(Cl)cc23)nc(NC(C)(C)C(=O)NCC(F)F)c1C. The van der Waals surface area contributed by atoms with E-state index in [4.69, 9.17) is 11.6 Å². The number of hydrogen-bond donors (Lipinski definition) is 3. The zero-order chi connectivity index (χ0) is 21.3. The van der Waals surface area contributed by atoms with Crippen molar-refractivity contribution in [1.82, 2.24) is 25.3 Å². The van der Waals surface area contributed by atoms with Gasteiger partial charge in [-0.2, -0.15) is 0 Å². The quantitative estimate of drug-likeness (QED) is 0.560. The van der Waals surface area contributed by atoms with Gasteiger partial charge in [-0.05, 0) is 33.8 Å². The number of nitrogens with zero attached hydrogens (tertiary/aromatic N) is 3. The van der Waals surface area contributed by atoms with Crippen LogP contribution in [0.15, 0.2) is 18.5 Å². The number of anilines is 1. The molecule has 0 atom stereocenters. The van der Waals surface area contributed by atoms with Crippen LogP contribution in [0.25, 0.3) is 22.4 Å². The van der Waals surface area contributed by atoms with Crippen LogP contribution in [-0.4, -0.2) is 44.4 Å². The maximum absolute atomic E-state index is 12.4. The molecule has 0 spiro atoms. The summed E-state index contributed by atoms with van der Waals surface area (Å²) in [5, 5.41) is 6.53. The summed E-state index contributed by atoms with van der Waals surface area (Å²) in [4.78, 5) is 28.7. The number of halogens is 3. The van der Waals surface area contributed by atoms with Crippen LogP contribution in [-0.2, 0) is 4.79 Å². The van der Waals surface area contributed by atoms with Crippen molar-refractivity contribution >= 4 is 34.4 Å². The van der Waals surface area contributed by atoms with Crippen molar-refractivity contribution in [3.63, 3.8) is 0 Å². The molecule has 0 aromatic carbocycles. The third-order valence-corrected chi connectivity index (χ3v) is 4.75. The zero-order valence-electron chi connectivity index (χ0n) is 16.4. The highest BCUT2D eigenvalue weighted by Gasteiger charge is 2.29. The molecule has 0 aliphatic rings. The van der Waals surface area contributed by atoms with Gasteiger partial charge in [-0.25, -0.2) is 23.7 Å². The van der Waals surface area contributed by atoms with E-state index in [1.807, 2.05) is 13.8 Å². The summed E-state index contributed by atoms with van der Waals surface area (Å²) in [7, 11) is 0. The topological polar surface area (TPSA) is 95.6 Å². The maximum Gasteiger partial charge on any atom is 0.255 e. The van der Waals surface area contributed by atoms with Crippen LogP contribution in [0, 0.1) is 13.8 Å². The molecular formula is C19H21ClF2N6O. The molecule has 10 heteroatoms. The number of H-pyrrole nitrogens is 1. The van der Waals surface area contributed by atoms with Crippen molar-refractivity contribution in [3.8, 4) is 11.4 Å². The largest absolute Gasteiger partial charge is 0.356 e. The minimum Gasteiger partial charge on any atom is -0.356 e. The lowest BCUT2D eigenvalue weighted by atomic mass is 10.0. The average Bonchev–Trinajstić information content (AvgIpc) is 3.06. The van der Waals surface area contributed by atoms with Gasteiger partial charge in [0, 0.05) is 34.6 Å². The molecule has 7 nitrogen and oxygen atoms in total. The van der Waals surface area contributed by atoms with Crippen LogP contribution in [0.1, 0.15) is 25.1 Å².